The van der Waals surface area contributed by atoms with E-state index in [1.165, 1.54) is 10.6 Å². The first-order chi connectivity index (χ1) is 13.7. The molecule has 3 rings (SSSR count). The fraction of sp³-hybridized carbons (Fsp3) is 0.150. The van der Waals surface area contributed by atoms with Crippen LogP contribution in [-0.4, -0.2) is 15.5 Å². The molecular weight excluding hydrogens is 404 g/mol. The van der Waals surface area contributed by atoms with Crippen molar-refractivity contribution in [1.29, 1.82) is 0 Å². The molecule has 0 aliphatic heterocycles. The van der Waals surface area contributed by atoms with Gasteiger partial charge in [-0.3, -0.25) is 14.2 Å². The van der Waals surface area contributed by atoms with Gasteiger partial charge in [-0.05, 0) is 43.7 Å². The molecule has 0 unspecified atom stereocenters. The number of halogens is 3. The Hall–Kier alpha value is -3.26. The Kier molecular flexibility index (Phi) is 5.65. The molecule has 1 amide bonds. The van der Waals surface area contributed by atoms with E-state index < -0.39 is 23.1 Å². The van der Waals surface area contributed by atoms with Gasteiger partial charge < -0.3 is 10.5 Å². The number of rotatable bonds is 5. The lowest BCUT2D eigenvalue weighted by Crippen LogP contribution is -2.25. The minimum absolute atomic E-state index is 0.0797. The topological polar surface area (TPSA) is 87.2 Å². The molecule has 3 aromatic rings. The molecule has 150 valence electrons. The highest BCUT2D eigenvalue weighted by Crippen LogP contribution is 2.24. The lowest BCUT2D eigenvalue weighted by Gasteiger charge is -2.16. The SMILES string of the molecule is Cc1c(C(N)=O)cccc1-n1c(C)nc(OCc2ccc(F)cc2F)c(Cl)c1=O. The Morgan fingerprint density at radius 2 is 1.97 bits per heavy atom. The van der Waals surface area contributed by atoms with Gasteiger partial charge in [-0.15, -0.1) is 0 Å². The maximum atomic E-state index is 13.8. The molecule has 0 saturated carbocycles. The fourth-order valence-electron chi connectivity index (χ4n) is 2.88. The summed E-state index contributed by atoms with van der Waals surface area (Å²) in [7, 11) is 0. The monoisotopic (exact) mass is 419 g/mol. The smallest absolute Gasteiger partial charge is 0.280 e. The van der Waals surface area contributed by atoms with E-state index in [1.54, 1.807) is 32.0 Å². The number of aromatic nitrogens is 2. The van der Waals surface area contributed by atoms with Crippen molar-refractivity contribution in [2.24, 2.45) is 5.73 Å². The number of carbonyl (C=O) groups excluding carboxylic acids is 1. The molecule has 29 heavy (non-hydrogen) atoms. The van der Waals surface area contributed by atoms with Crippen molar-refractivity contribution in [1.82, 2.24) is 9.55 Å². The zero-order valence-corrected chi connectivity index (χ0v) is 16.3. The van der Waals surface area contributed by atoms with Gasteiger partial charge in [0.1, 0.15) is 24.1 Å². The molecule has 0 fully saturated rings. The summed E-state index contributed by atoms with van der Waals surface area (Å²) in [5.41, 5.74) is 5.97. The predicted molar refractivity (Wildman–Crippen MR) is 104 cm³/mol. The molecule has 0 atom stereocenters. The van der Waals surface area contributed by atoms with Crippen LogP contribution in [-0.2, 0) is 6.61 Å². The van der Waals surface area contributed by atoms with Gasteiger partial charge in [-0.1, -0.05) is 17.7 Å². The first kappa shape index (κ1) is 20.5. The van der Waals surface area contributed by atoms with E-state index in [-0.39, 0.29) is 34.5 Å². The molecule has 0 spiro atoms. The van der Waals surface area contributed by atoms with E-state index in [9.17, 15) is 18.4 Å². The van der Waals surface area contributed by atoms with Gasteiger partial charge in [0.05, 0.1) is 5.69 Å². The standard InChI is InChI=1S/C20H16ClF2N3O3/c1-10-14(18(24)27)4-3-5-16(10)26-11(2)25-19(17(21)20(26)28)29-9-12-6-7-13(22)8-15(12)23/h3-8H,9H2,1-2H3,(H2,24,27). The van der Waals surface area contributed by atoms with Crippen LogP contribution in [0.5, 0.6) is 5.88 Å². The van der Waals surface area contributed by atoms with Crippen molar-refractivity contribution in [3.05, 3.63) is 85.9 Å². The van der Waals surface area contributed by atoms with E-state index in [0.717, 1.165) is 12.1 Å². The van der Waals surface area contributed by atoms with Crippen molar-refractivity contribution in [3.8, 4) is 11.6 Å². The molecule has 0 bridgehead atoms. The normalized spacial score (nSPS) is 10.8. The van der Waals surface area contributed by atoms with Crippen LogP contribution in [0.3, 0.4) is 0 Å². The minimum atomic E-state index is -0.787. The highest BCUT2D eigenvalue weighted by molar-refractivity contribution is 6.31. The zero-order chi connectivity index (χ0) is 21.3. The maximum Gasteiger partial charge on any atom is 0.280 e. The van der Waals surface area contributed by atoms with Crippen molar-refractivity contribution in [2.45, 2.75) is 20.5 Å². The number of nitrogens with two attached hydrogens (primary N) is 1. The third-order valence-corrected chi connectivity index (χ3v) is 4.68. The molecule has 1 aromatic heterocycles. The van der Waals surface area contributed by atoms with Crippen LogP contribution in [0.1, 0.15) is 27.3 Å². The van der Waals surface area contributed by atoms with E-state index in [4.69, 9.17) is 22.1 Å². The summed E-state index contributed by atoms with van der Waals surface area (Å²) in [6, 6.07) is 7.81. The lowest BCUT2D eigenvalue weighted by molar-refractivity contribution is 0.0999. The molecule has 0 radical (unpaired) electrons. The Balaban J connectivity index is 2.00. The second-order valence-corrected chi connectivity index (χ2v) is 6.64. The summed E-state index contributed by atoms with van der Waals surface area (Å²) in [4.78, 5) is 28.6. The van der Waals surface area contributed by atoms with Crippen LogP contribution in [0, 0.1) is 25.5 Å². The first-order valence-electron chi connectivity index (χ1n) is 8.46. The van der Waals surface area contributed by atoms with Crippen molar-refractivity contribution in [3.63, 3.8) is 0 Å². The number of benzene rings is 2. The van der Waals surface area contributed by atoms with Gasteiger partial charge in [-0.2, -0.15) is 4.98 Å². The Labute approximate surface area is 169 Å². The van der Waals surface area contributed by atoms with E-state index in [1.807, 2.05) is 0 Å². The zero-order valence-electron chi connectivity index (χ0n) is 15.5. The molecule has 2 aromatic carbocycles. The average Bonchev–Trinajstić information content (AvgIpc) is 2.65. The lowest BCUT2D eigenvalue weighted by atomic mass is 10.1. The largest absolute Gasteiger partial charge is 0.471 e. The van der Waals surface area contributed by atoms with Gasteiger partial charge in [0.2, 0.25) is 11.8 Å². The number of carbonyl (C=O) groups is 1. The van der Waals surface area contributed by atoms with Gasteiger partial charge in [-0.25, -0.2) is 8.78 Å². The maximum absolute atomic E-state index is 13.8. The number of nitrogens with zero attached hydrogens (tertiary/aromatic N) is 2. The van der Waals surface area contributed by atoms with Crippen molar-refractivity contribution < 1.29 is 18.3 Å². The fourth-order valence-corrected chi connectivity index (χ4v) is 3.06. The highest BCUT2D eigenvalue weighted by atomic mass is 35.5. The Morgan fingerprint density at radius 1 is 1.24 bits per heavy atom. The third kappa shape index (κ3) is 3.97. The third-order valence-electron chi connectivity index (χ3n) is 4.36. The summed E-state index contributed by atoms with van der Waals surface area (Å²) >= 11 is 6.14. The minimum Gasteiger partial charge on any atom is -0.471 e. The molecule has 6 nitrogen and oxygen atoms in total. The van der Waals surface area contributed by atoms with Crippen molar-refractivity contribution >= 4 is 17.5 Å². The van der Waals surface area contributed by atoms with Crippen LogP contribution in [0.15, 0.2) is 41.2 Å². The van der Waals surface area contributed by atoms with E-state index in [2.05, 4.69) is 4.98 Å². The molecule has 0 aliphatic carbocycles. The quantitative estimate of drug-likeness (QED) is 0.686. The summed E-state index contributed by atoms with van der Waals surface area (Å²) in [6.45, 7) is 2.91. The van der Waals surface area contributed by atoms with Gasteiger partial charge in [0.15, 0.2) is 5.02 Å². The Morgan fingerprint density at radius 3 is 2.62 bits per heavy atom. The first-order valence-corrected chi connectivity index (χ1v) is 8.84. The van der Waals surface area contributed by atoms with Crippen LogP contribution in [0.25, 0.3) is 5.69 Å². The summed E-state index contributed by atoms with van der Waals surface area (Å²) in [6.07, 6.45) is 0. The number of hydrogen-bond donors (Lipinski definition) is 1. The van der Waals surface area contributed by atoms with E-state index >= 15 is 0 Å². The number of ether oxygens (including phenoxy) is 1. The predicted octanol–water partition coefficient (Wildman–Crippen LogP) is 3.46. The van der Waals surface area contributed by atoms with Gasteiger partial charge in [0.25, 0.3) is 5.56 Å². The second-order valence-electron chi connectivity index (χ2n) is 6.26. The number of primary amides is 1. The molecule has 9 heteroatoms. The molecule has 1 heterocycles. The summed E-state index contributed by atoms with van der Waals surface area (Å²) in [5.74, 6) is -2.08. The summed E-state index contributed by atoms with van der Waals surface area (Å²) in [5, 5.41) is -0.318. The van der Waals surface area contributed by atoms with E-state index in [0.29, 0.717) is 11.3 Å². The second kappa shape index (κ2) is 8.00. The number of hydrogen-bond acceptors (Lipinski definition) is 4. The van der Waals surface area contributed by atoms with Crippen LogP contribution in [0.4, 0.5) is 8.78 Å². The highest BCUT2D eigenvalue weighted by Gasteiger charge is 2.19. The summed E-state index contributed by atoms with van der Waals surface area (Å²) < 4.78 is 33.4. The molecular formula is C20H16ClF2N3O3. The van der Waals surface area contributed by atoms with Crippen LogP contribution in [0.2, 0.25) is 5.02 Å². The Bertz CT molecular complexity index is 1180. The average molecular weight is 420 g/mol. The van der Waals surface area contributed by atoms with Crippen molar-refractivity contribution in [2.75, 3.05) is 0 Å². The molecule has 0 saturated heterocycles. The van der Waals surface area contributed by atoms with Crippen LogP contribution < -0.4 is 16.0 Å². The number of amides is 1. The molecule has 0 aliphatic rings. The van der Waals surface area contributed by atoms with Crippen LogP contribution >= 0.6 is 11.6 Å². The number of aryl methyl sites for hydroxylation is 1. The van der Waals surface area contributed by atoms with Gasteiger partial charge >= 0.3 is 0 Å². The molecule has 2 N–H and O–H groups in total. The van der Waals surface area contributed by atoms with Gasteiger partial charge in [0, 0.05) is 17.2 Å².